The van der Waals surface area contributed by atoms with Gasteiger partial charge in [0.1, 0.15) is 17.1 Å². The Bertz CT molecular complexity index is 591. The summed E-state index contributed by atoms with van der Waals surface area (Å²) in [6, 6.07) is 12.5. The highest BCUT2D eigenvalue weighted by Gasteiger charge is 2.12. The predicted molar refractivity (Wildman–Crippen MR) is 77.0 cm³/mol. The number of aryl methyl sites for hydroxylation is 1. The average molecular weight is 321 g/mol. The number of rotatable bonds is 4. The molecule has 0 radical (unpaired) electrons. The second-order valence-corrected chi connectivity index (χ2v) is 4.96. The number of carbonyl (C=O) groups is 1. The molecule has 0 spiro atoms. The third-order valence-corrected chi connectivity index (χ3v) is 3.22. The number of halogens is 1. The monoisotopic (exact) mass is 320 g/mol. The van der Waals surface area contributed by atoms with E-state index in [-0.39, 0.29) is 5.56 Å². The molecule has 98 valence electrons. The number of benzene rings is 2. The third kappa shape index (κ3) is 3.35. The van der Waals surface area contributed by atoms with Crippen molar-refractivity contribution in [2.75, 3.05) is 0 Å². The van der Waals surface area contributed by atoms with Crippen LogP contribution in [0.2, 0.25) is 0 Å². The van der Waals surface area contributed by atoms with Gasteiger partial charge in [0.05, 0.1) is 0 Å². The zero-order valence-electron chi connectivity index (χ0n) is 10.4. The van der Waals surface area contributed by atoms with Gasteiger partial charge >= 0.3 is 5.97 Å². The highest BCUT2D eigenvalue weighted by molar-refractivity contribution is 9.10. The number of aromatic carboxylic acids is 1. The van der Waals surface area contributed by atoms with Crippen LogP contribution in [0.15, 0.2) is 46.9 Å². The average Bonchev–Trinajstić information content (AvgIpc) is 2.41. The topological polar surface area (TPSA) is 46.5 Å². The second kappa shape index (κ2) is 5.89. The minimum Gasteiger partial charge on any atom is -0.478 e. The first-order chi connectivity index (χ1) is 9.10. The Morgan fingerprint density at radius 2 is 1.89 bits per heavy atom. The van der Waals surface area contributed by atoms with Crippen LogP contribution in [0.1, 0.15) is 22.8 Å². The first-order valence-electron chi connectivity index (χ1n) is 5.90. The van der Waals surface area contributed by atoms with Crippen molar-refractivity contribution in [2.45, 2.75) is 13.3 Å². The van der Waals surface area contributed by atoms with Crippen LogP contribution in [0, 0.1) is 0 Å². The normalized spacial score (nSPS) is 10.2. The fourth-order valence-corrected chi connectivity index (χ4v) is 2.04. The molecule has 0 aliphatic rings. The van der Waals surface area contributed by atoms with E-state index in [9.17, 15) is 4.79 Å². The zero-order chi connectivity index (χ0) is 13.8. The lowest BCUT2D eigenvalue weighted by Crippen LogP contribution is -2.00. The third-order valence-electron chi connectivity index (χ3n) is 2.73. The Balaban J connectivity index is 2.29. The molecule has 0 aromatic heterocycles. The van der Waals surface area contributed by atoms with Crippen LogP contribution in [0.3, 0.4) is 0 Å². The maximum Gasteiger partial charge on any atom is 0.339 e. The van der Waals surface area contributed by atoms with Gasteiger partial charge in [-0.05, 0) is 42.3 Å². The molecule has 0 saturated carbocycles. The largest absolute Gasteiger partial charge is 0.478 e. The van der Waals surface area contributed by atoms with Crippen LogP contribution in [0.5, 0.6) is 11.5 Å². The maximum absolute atomic E-state index is 11.2. The molecule has 19 heavy (non-hydrogen) atoms. The zero-order valence-corrected chi connectivity index (χ0v) is 12.0. The molecule has 1 N–H and O–H groups in total. The summed E-state index contributed by atoms with van der Waals surface area (Å²) in [5.41, 5.74) is 1.34. The number of hydrogen-bond acceptors (Lipinski definition) is 2. The summed E-state index contributed by atoms with van der Waals surface area (Å²) in [7, 11) is 0. The Labute approximate surface area is 120 Å². The molecule has 2 aromatic carbocycles. The summed E-state index contributed by atoms with van der Waals surface area (Å²) in [5, 5.41) is 9.15. The Morgan fingerprint density at radius 3 is 2.47 bits per heavy atom. The van der Waals surface area contributed by atoms with E-state index in [1.54, 1.807) is 12.1 Å². The number of carboxylic acid groups (broad SMARTS) is 1. The van der Waals surface area contributed by atoms with E-state index in [0.717, 1.165) is 6.42 Å². The van der Waals surface area contributed by atoms with E-state index in [1.807, 2.05) is 24.3 Å². The second-order valence-electron chi connectivity index (χ2n) is 4.05. The van der Waals surface area contributed by atoms with Gasteiger partial charge in [0.15, 0.2) is 0 Å². The molecule has 0 aliphatic carbocycles. The van der Waals surface area contributed by atoms with E-state index >= 15 is 0 Å². The minimum atomic E-state index is -1.01. The predicted octanol–water partition coefficient (Wildman–Crippen LogP) is 4.50. The van der Waals surface area contributed by atoms with Crippen molar-refractivity contribution in [3.63, 3.8) is 0 Å². The Kier molecular flexibility index (Phi) is 4.22. The van der Waals surface area contributed by atoms with Crippen LogP contribution in [0.25, 0.3) is 0 Å². The summed E-state index contributed by atoms with van der Waals surface area (Å²) >= 11 is 3.25. The lowest BCUT2D eigenvalue weighted by atomic mass is 10.1. The van der Waals surface area contributed by atoms with E-state index in [2.05, 4.69) is 22.9 Å². The van der Waals surface area contributed by atoms with Crippen molar-refractivity contribution in [3.8, 4) is 11.5 Å². The first kappa shape index (κ1) is 13.6. The van der Waals surface area contributed by atoms with Gasteiger partial charge in [-0.25, -0.2) is 4.79 Å². The molecule has 0 fully saturated rings. The van der Waals surface area contributed by atoms with Crippen LogP contribution in [-0.2, 0) is 6.42 Å². The van der Waals surface area contributed by atoms with Gasteiger partial charge in [0.2, 0.25) is 0 Å². The quantitative estimate of drug-likeness (QED) is 0.902. The molecule has 2 aromatic rings. The number of carboxylic acids is 1. The highest BCUT2D eigenvalue weighted by atomic mass is 79.9. The molecule has 0 bridgehead atoms. The molecule has 0 amide bonds. The van der Waals surface area contributed by atoms with Crippen molar-refractivity contribution < 1.29 is 14.6 Å². The van der Waals surface area contributed by atoms with Gasteiger partial charge in [-0.3, -0.25) is 0 Å². The lowest BCUT2D eigenvalue weighted by molar-refractivity contribution is 0.0694. The summed E-state index contributed by atoms with van der Waals surface area (Å²) < 4.78 is 6.33. The fraction of sp³-hybridized carbons (Fsp3) is 0.133. The number of ether oxygens (including phenoxy) is 1. The Hall–Kier alpha value is -1.81. The minimum absolute atomic E-state index is 0.133. The summed E-state index contributed by atoms with van der Waals surface area (Å²) in [6.07, 6.45) is 0.957. The van der Waals surface area contributed by atoms with E-state index in [4.69, 9.17) is 9.84 Å². The van der Waals surface area contributed by atoms with Gasteiger partial charge in [0, 0.05) is 4.47 Å². The van der Waals surface area contributed by atoms with E-state index in [0.29, 0.717) is 16.0 Å². The SMILES string of the molecule is CCc1ccc(Oc2ccc(Br)cc2C(=O)O)cc1. The van der Waals surface area contributed by atoms with Crippen LogP contribution < -0.4 is 4.74 Å². The smallest absolute Gasteiger partial charge is 0.339 e. The van der Waals surface area contributed by atoms with Crippen molar-refractivity contribution in [1.29, 1.82) is 0 Å². The van der Waals surface area contributed by atoms with Gasteiger partial charge in [-0.1, -0.05) is 35.0 Å². The summed E-state index contributed by atoms with van der Waals surface area (Å²) in [6.45, 7) is 2.08. The molecule has 3 nitrogen and oxygen atoms in total. The van der Waals surface area contributed by atoms with Crippen molar-refractivity contribution in [3.05, 3.63) is 58.1 Å². The molecule has 0 saturated heterocycles. The van der Waals surface area contributed by atoms with Crippen LogP contribution in [0.4, 0.5) is 0 Å². The Morgan fingerprint density at radius 1 is 1.21 bits per heavy atom. The van der Waals surface area contributed by atoms with Gasteiger partial charge in [-0.15, -0.1) is 0 Å². The molecule has 0 unspecified atom stereocenters. The number of hydrogen-bond donors (Lipinski definition) is 1. The van der Waals surface area contributed by atoms with Gasteiger partial charge < -0.3 is 9.84 Å². The van der Waals surface area contributed by atoms with Gasteiger partial charge in [0.25, 0.3) is 0 Å². The van der Waals surface area contributed by atoms with Crippen LogP contribution in [-0.4, -0.2) is 11.1 Å². The van der Waals surface area contributed by atoms with Crippen molar-refractivity contribution in [2.24, 2.45) is 0 Å². The summed E-state index contributed by atoms with van der Waals surface area (Å²) in [4.78, 5) is 11.2. The molecule has 0 aliphatic heterocycles. The van der Waals surface area contributed by atoms with E-state index in [1.165, 1.54) is 11.6 Å². The first-order valence-corrected chi connectivity index (χ1v) is 6.69. The lowest BCUT2D eigenvalue weighted by Gasteiger charge is -2.09. The molecule has 2 rings (SSSR count). The molecular weight excluding hydrogens is 308 g/mol. The van der Waals surface area contributed by atoms with Crippen molar-refractivity contribution >= 4 is 21.9 Å². The van der Waals surface area contributed by atoms with Gasteiger partial charge in [-0.2, -0.15) is 0 Å². The molecule has 4 heteroatoms. The van der Waals surface area contributed by atoms with Crippen molar-refractivity contribution in [1.82, 2.24) is 0 Å². The fourth-order valence-electron chi connectivity index (χ4n) is 1.68. The highest BCUT2D eigenvalue weighted by Crippen LogP contribution is 2.28. The molecule has 0 heterocycles. The standard InChI is InChI=1S/C15H13BrO3/c1-2-10-3-6-12(7-4-10)19-14-8-5-11(16)9-13(14)15(17)18/h3-9H,2H2,1H3,(H,17,18). The van der Waals surface area contributed by atoms with E-state index < -0.39 is 5.97 Å². The summed E-state index contributed by atoms with van der Waals surface area (Å²) in [5.74, 6) is -0.0524. The van der Waals surface area contributed by atoms with Crippen LogP contribution >= 0.6 is 15.9 Å². The molecule has 0 atom stereocenters. The molecular formula is C15H13BrO3. The maximum atomic E-state index is 11.2.